The molecule has 25 heavy (non-hydrogen) atoms. The predicted molar refractivity (Wildman–Crippen MR) is 90.4 cm³/mol. The number of nitrogens with zero attached hydrogens (tertiary/aromatic N) is 1. The van der Waals surface area contributed by atoms with Crippen molar-refractivity contribution in [3.05, 3.63) is 59.8 Å². The van der Waals surface area contributed by atoms with Crippen molar-refractivity contribution in [3.63, 3.8) is 0 Å². The number of likely N-dealkylation sites (tertiary alicyclic amines) is 1. The van der Waals surface area contributed by atoms with Crippen LogP contribution in [-0.2, 0) is 11.2 Å². The van der Waals surface area contributed by atoms with Gasteiger partial charge in [0, 0.05) is 19.6 Å². The SMILES string of the molecule is O=C(NCCc1cccc(F)c1)C1CCCN(C(=O)c2ccoc2)C1. The monoisotopic (exact) mass is 344 g/mol. The molecule has 0 radical (unpaired) electrons. The number of furan rings is 1. The summed E-state index contributed by atoms with van der Waals surface area (Å²) in [6.45, 7) is 1.52. The Morgan fingerprint density at radius 3 is 2.96 bits per heavy atom. The van der Waals surface area contributed by atoms with Crippen LogP contribution in [0.2, 0.25) is 0 Å². The highest BCUT2D eigenvalue weighted by Gasteiger charge is 2.29. The van der Waals surface area contributed by atoms with E-state index in [-0.39, 0.29) is 23.5 Å². The average molecular weight is 344 g/mol. The third-order valence-electron chi connectivity index (χ3n) is 4.45. The first-order chi connectivity index (χ1) is 12.1. The fourth-order valence-electron chi connectivity index (χ4n) is 3.11. The van der Waals surface area contributed by atoms with Gasteiger partial charge in [0.15, 0.2) is 0 Å². The first-order valence-corrected chi connectivity index (χ1v) is 8.47. The molecule has 1 fully saturated rings. The van der Waals surface area contributed by atoms with E-state index < -0.39 is 0 Å². The number of amides is 2. The molecule has 2 aromatic rings. The molecule has 1 N–H and O–H groups in total. The summed E-state index contributed by atoms with van der Waals surface area (Å²) in [5, 5.41) is 2.90. The van der Waals surface area contributed by atoms with Gasteiger partial charge in [0.25, 0.3) is 5.91 Å². The molecule has 5 nitrogen and oxygen atoms in total. The van der Waals surface area contributed by atoms with Gasteiger partial charge in [-0.15, -0.1) is 0 Å². The van der Waals surface area contributed by atoms with E-state index in [0.29, 0.717) is 31.6 Å². The second-order valence-corrected chi connectivity index (χ2v) is 6.27. The molecule has 6 heteroatoms. The lowest BCUT2D eigenvalue weighted by atomic mass is 9.96. The van der Waals surface area contributed by atoms with Gasteiger partial charge in [-0.05, 0) is 43.0 Å². The molecule has 1 aromatic carbocycles. The summed E-state index contributed by atoms with van der Waals surface area (Å²) in [6, 6.07) is 7.99. The molecule has 1 aromatic heterocycles. The number of halogens is 1. The van der Waals surface area contributed by atoms with Crippen LogP contribution in [0.1, 0.15) is 28.8 Å². The molecule has 1 saturated heterocycles. The van der Waals surface area contributed by atoms with E-state index in [1.165, 1.54) is 24.7 Å². The Hall–Kier alpha value is -2.63. The molecule has 1 atom stereocenters. The molecule has 0 aliphatic carbocycles. The topological polar surface area (TPSA) is 62.6 Å². The van der Waals surface area contributed by atoms with Crippen LogP contribution in [-0.4, -0.2) is 36.3 Å². The van der Waals surface area contributed by atoms with Crippen LogP contribution in [0.4, 0.5) is 4.39 Å². The van der Waals surface area contributed by atoms with Gasteiger partial charge >= 0.3 is 0 Å². The number of benzene rings is 1. The van der Waals surface area contributed by atoms with E-state index in [0.717, 1.165) is 18.4 Å². The van der Waals surface area contributed by atoms with Crippen molar-refractivity contribution in [3.8, 4) is 0 Å². The van der Waals surface area contributed by atoms with Crippen molar-refractivity contribution < 1.29 is 18.4 Å². The summed E-state index contributed by atoms with van der Waals surface area (Å²) in [7, 11) is 0. The Kier molecular flexibility index (Phi) is 5.48. The Bertz CT molecular complexity index is 730. The van der Waals surface area contributed by atoms with Gasteiger partial charge in [-0.25, -0.2) is 4.39 Å². The van der Waals surface area contributed by atoms with Crippen LogP contribution in [0.5, 0.6) is 0 Å². The zero-order chi connectivity index (χ0) is 17.6. The molecule has 0 spiro atoms. The number of nitrogens with one attached hydrogen (secondary N) is 1. The van der Waals surface area contributed by atoms with E-state index in [9.17, 15) is 14.0 Å². The lowest BCUT2D eigenvalue weighted by Crippen LogP contribution is -2.45. The number of carbonyl (C=O) groups is 2. The van der Waals surface area contributed by atoms with Crippen LogP contribution in [0, 0.1) is 11.7 Å². The van der Waals surface area contributed by atoms with Crippen molar-refractivity contribution in [2.45, 2.75) is 19.3 Å². The van der Waals surface area contributed by atoms with Gasteiger partial charge < -0.3 is 14.6 Å². The maximum absolute atomic E-state index is 13.1. The van der Waals surface area contributed by atoms with Crippen LogP contribution in [0.25, 0.3) is 0 Å². The van der Waals surface area contributed by atoms with Crippen LogP contribution in [0.3, 0.4) is 0 Å². The number of carbonyl (C=O) groups excluding carboxylic acids is 2. The summed E-state index contributed by atoms with van der Waals surface area (Å²) < 4.78 is 18.1. The van der Waals surface area contributed by atoms with Crippen LogP contribution < -0.4 is 5.32 Å². The van der Waals surface area contributed by atoms with Gasteiger partial charge in [-0.1, -0.05) is 12.1 Å². The lowest BCUT2D eigenvalue weighted by Gasteiger charge is -2.31. The molecular formula is C19H21FN2O3. The maximum atomic E-state index is 13.1. The summed E-state index contributed by atoms with van der Waals surface area (Å²) >= 11 is 0. The van der Waals surface area contributed by atoms with Gasteiger partial charge in [-0.2, -0.15) is 0 Å². The lowest BCUT2D eigenvalue weighted by molar-refractivity contribution is -0.126. The summed E-state index contributed by atoms with van der Waals surface area (Å²) in [5.74, 6) is -0.645. The molecule has 2 amide bonds. The average Bonchev–Trinajstić information content (AvgIpc) is 3.16. The third kappa shape index (κ3) is 4.47. The third-order valence-corrected chi connectivity index (χ3v) is 4.45. The standard InChI is InChI=1S/C19H21FN2O3/c20-17-5-1-3-14(11-17)6-8-21-18(23)15-4-2-9-22(12-15)19(24)16-7-10-25-13-16/h1,3,5,7,10-11,13,15H,2,4,6,8-9,12H2,(H,21,23). The molecule has 0 bridgehead atoms. The summed E-state index contributed by atoms with van der Waals surface area (Å²) in [4.78, 5) is 26.4. The highest BCUT2D eigenvalue weighted by Crippen LogP contribution is 2.19. The fraction of sp³-hybridized carbons (Fsp3) is 0.368. The number of hydrogen-bond acceptors (Lipinski definition) is 3. The molecule has 2 heterocycles. The predicted octanol–water partition coefficient (Wildman–Crippen LogP) is 2.63. The second-order valence-electron chi connectivity index (χ2n) is 6.27. The minimum atomic E-state index is -0.274. The molecular weight excluding hydrogens is 323 g/mol. The van der Waals surface area contributed by atoms with E-state index in [4.69, 9.17) is 4.42 Å². The minimum absolute atomic E-state index is 0.0545. The first-order valence-electron chi connectivity index (χ1n) is 8.47. The Morgan fingerprint density at radius 2 is 2.20 bits per heavy atom. The molecule has 3 rings (SSSR count). The molecule has 132 valence electrons. The van der Waals surface area contributed by atoms with Crippen LogP contribution >= 0.6 is 0 Å². The van der Waals surface area contributed by atoms with Gasteiger partial charge in [0.05, 0.1) is 17.7 Å². The minimum Gasteiger partial charge on any atom is -0.472 e. The Labute approximate surface area is 145 Å². The van der Waals surface area contributed by atoms with Crippen molar-refractivity contribution in [1.29, 1.82) is 0 Å². The highest BCUT2D eigenvalue weighted by molar-refractivity contribution is 5.94. The number of hydrogen-bond donors (Lipinski definition) is 1. The van der Waals surface area contributed by atoms with Gasteiger partial charge in [-0.3, -0.25) is 9.59 Å². The molecule has 1 aliphatic rings. The smallest absolute Gasteiger partial charge is 0.257 e. The van der Waals surface area contributed by atoms with E-state index in [2.05, 4.69) is 5.32 Å². The quantitative estimate of drug-likeness (QED) is 0.907. The van der Waals surface area contributed by atoms with Crippen LogP contribution in [0.15, 0.2) is 47.3 Å². The maximum Gasteiger partial charge on any atom is 0.257 e. The Morgan fingerprint density at radius 1 is 1.32 bits per heavy atom. The zero-order valence-corrected chi connectivity index (χ0v) is 13.9. The van der Waals surface area contributed by atoms with Crippen molar-refractivity contribution in [1.82, 2.24) is 10.2 Å². The molecule has 0 saturated carbocycles. The molecule has 1 unspecified atom stereocenters. The highest BCUT2D eigenvalue weighted by atomic mass is 19.1. The second kappa shape index (κ2) is 7.96. The van der Waals surface area contributed by atoms with E-state index >= 15 is 0 Å². The van der Waals surface area contributed by atoms with Crippen molar-refractivity contribution in [2.24, 2.45) is 5.92 Å². The van der Waals surface area contributed by atoms with E-state index in [1.54, 1.807) is 17.0 Å². The van der Waals surface area contributed by atoms with E-state index in [1.807, 2.05) is 6.07 Å². The van der Waals surface area contributed by atoms with Crippen molar-refractivity contribution in [2.75, 3.05) is 19.6 Å². The van der Waals surface area contributed by atoms with Gasteiger partial charge in [0.1, 0.15) is 12.1 Å². The number of piperidine rings is 1. The summed E-state index contributed by atoms with van der Waals surface area (Å²) in [6.07, 6.45) is 5.03. The normalized spacial score (nSPS) is 17.3. The largest absolute Gasteiger partial charge is 0.472 e. The van der Waals surface area contributed by atoms with Gasteiger partial charge in [0.2, 0.25) is 5.91 Å². The van der Waals surface area contributed by atoms with Crippen molar-refractivity contribution >= 4 is 11.8 Å². The molecule has 1 aliphatic heterocycles. The first kappa shape index (κ1) is 17.2. The fourth-order valence-corrected chi connectivity index (χ4v) is 3.11. The number of rotatable bonds is 5. The Balaban J connectivity index is 1.49. The summed E-state index contributed by atoms with van der Waals surface area (Å²) in [5.41, 5.74) is 1.35. The zero-order valence-electron chi connectivity index (χ0n) is 13.9.